The van der Waals surface area contributed by atoms with Gasteiger partial charge >= 0.3 is 0 Å². The molecule has 1 aromatic carbocycles. The SMILES string of the molecule is CN1C(=O)CNc2cccc(C(C)(C)C)c21. The summed E-state index contributed by atoms with van der Waals surface area (Å²) in [6, 6.07) is 6.15. The maximum absolute atomic E-state index is 11.7. The summed E-state index contributed by atoms with van der Waals surface area (Å²) >= 11 is 0. The number of fused-ring (bicyclic) bond motifs is 1. The van der Waals surface area contributed by atoms with E-state index in [0.29, 0.717) is 6.54 Å². The lowest BCUT2D eigenvalue weighted by Crippen LogP contribution is -2.38. The Hall–Kier alpha value is -1.51. The molecular weight excluding hydrogens is 200 g/mol. The molecule has 1 amide bonds. The Labute approximate surface area is 96.5 Å². The number of para-hydroxylation sites is 1. The Morgan fingerprint density at radius 2 is 2.00 bits per heavy atom. The highest BCUT2D eigenvalue weighted by molar-refractivity contribution is 6.03. The van der Waals surface area contributed by atoms with E-state index in [0.717, 1.165) is 11.4 Å². The minimum absolute atomic E-state index is 0.0406. The van der Waals surface area contributed by atoms with Crippen molar-refractivity contribution in [3.63, 3.8) is 0 Å². The highest BCUT2D eigenvalue weighted by Gasteiger charge is 2.27. The highest BCUT2D eigenvalue weighted by atomic mass is 16.2. The Morgan fingerprint density at radius 3 is 2.62 bits per heavy atom. The molecule has 0 bridgehead atoms. The molecule has 1 aromatic rings. The molecule has 3 nitrogen and oxygen atoms in total. The van der Waals surface area contributed by atoms with Crippen LogP contribution < -0.4 is 10.2 Å². The summed E-state index contributed by atoms with van der Waals surface area (Å²) in [6.45, 7) is 6.87. The van der Waals surface area contributed by atoms with E-state index in [1.165, 1.54) is 5.56 Å². The van der Waals surface area contributed by atoms with Crippen molar-refractivity contribution in [2.24, 2.45) is 0 Å². The molecule has 0 atom stereocenters. The third kappa shape index (κ3) is 1.66. The first-order valence-electron chi connectivity index (χ1n) is 5.55. The number of hydrogen-bond donors (Lipinski definition) is 1. The van der Waals surface area contributed by atoms with Crippen LogP contribution >= 0.6 is 0 Å². The van der Waals surface area contributed by atoms with Crippen LogP contribution in [0.3, 0.4) is 0 Å². The maximum atomic E-state index is 11.7. The van der Waals surface area contributed by atoms with Crippen LogP contribution in [0.4, 0.5) is 11.4 Å². The highest BCUT2D eigenvalue weighted by Crippen LogP contribution is 2.38. The van der Waals surface area contributed by atoms with Gasteiger partial charge in [0.15, 0.2) is 0 Å². The largest absolute Gasteiger partial charge is 0.374 e. The quantitative estimate of drug-likeness (QED) is 0.725. The van der Waals surface area contributed by atoms with E-state index >= 15 is 0 Å². The lowest BCUT2D eigenvalue weighted by atomic mass is 9.84. The molecule has 1 N–H and O–H groups in total. The molecule has 86 valence electrons. The van der Waals surface area contributed by atoms with Gasteiger partial charge in [0.25, 0.3) is 0 Å². The van der Waals surface area contributed by atoms with Crippen molar-refractivity contribution in [1.29, 1.82) is 0 Å². The van der Waals surface area contributed by atoms with E-state index in [1.807, 2.05) is 19.2 Å². The second-order valence-corrected chi connectivity index (χ2v) is 5.26. The lowest BCUT2D eigenvalue weighted by Gasteiger charge is -2.33. The van der Waals surface area contributed by atoms with Gasteiger partial charge in [-0.05, 0) is 17.0 Å². The van der Waals surface area contributed by atoms with Gasteiger partial charge in [-0.25, -0.2) is 0 Å². The Bertz CT molecular complexity index is 432. The van der Waals surface area contributed by atoms with Crippen LogP contribution in [0.25, 0.3) is 0 Å². The fraction of sp³-hybridized carbons (Fsp3) is 0.462. The number of nitrogens with one attached hydrogen (secondary N) is 1. The third-order valence-corrected chi connectivity index (χ3v) is 2.98. The number of nitrogens with zero attached hydrogens (tertiary/aromatic N) is 1. The topological polar surface area (TPSA) is 32.3 Å². The number of benzene rings is 1. The molecule has 1 aliphatic heterocycles. The smallest absolute Gasteiger partial charge is 0.246 e. The average molecular weight is 218 g/mol. The predicted octanol–water partition coefficient (Wildman–Crippen LogP) is 2.37. The number of amides is 1. The number of hydrogen-bond acceptors (Lipinski definition) is 2. The van der Waals surface area contributed by atoms with Gasteiger partial charge in [0.2, 0.25) is 5.91 Å². The van der Waals surface area contributed by atoms with E-state index in [-0.39, 0.29) is 11.3 Å². The molecule has 0 spiro atoms. The number of likely N-dealkylation sites (N-methyl/N-ethyl adjacent to an activating group) is 1. The summed E-state index contributed by atoms with van der Waals surface area (Å²) in [4.78, 5) is 13.5. The number of anilines is 2. The van der Waals surface area contributed by atoms with Crippen LogP contribution in [0.5, 0.6) is 0 Å². The number of rotatable bonds is 0. The lowest BCUT2D eigenvalue weighted by molar-refractivity contribution is -0.116. The molecule has 0 fully saturated rings. The zero-order valence-corrected chi connectivity index (χ0v) is 10.3. The monoisotopic (exact) mass is 218 g/mol. The minimum Gasteiger partial charge on any atom is -0.374 e. The Kier molecular flexibility index (Phi) is 2.41. The maximum Gasteiger partial charge on any atom is 0.246 e. The van der Waals surface area contributed by atoms with Crippen LogP contribution in [0.2, 0.25) is 0 Å². The first kappa shape index (κ1) is 11.0. The fourth-order valence-corrected chi connectivity index (χ4v) is 2.07. The van der Waals surface area contributed by atoms with E-state index in [4.69, 9.17) is 0 Å². The van der Waals surface area contributed by atoms with Gasteiger partial charge in [-0.1, -0.05) is 32.9 Å². The minimum atomic E-state index is 0.0406. The summed E-state index contributed by atoms with van der Waals surface area (Å²) < 4.78 is 0. The van der Waals surface area contributed by atoms with E-state index < -0.39 is 0 Å². The van der Waals surface area contributed by atoms with Crippen molar-refractivity contribution < 1.29 is 4.79 Å². The van der Waals surface area contributed by atoms with Crippen LogP contribution in [0.15, 0.2) is 18.2 Å². The number of carbonyl (C=O) groups is 1. The molecule has 0 aromatic heterocycles. The third-order valence-electron chi connectivity index (χ3n) is 2.98. The van der Waals surface area contributed by atoms with Crippen LogP contribution in [-0.2, 0) is 10.2 Å². The van der Waals surface area contributed by atoms with E-state index in [9.17, 15) is 4.79 Å². The summed E-state index contributed by atoms with van der Waals surface area (Å²) in [6.07, 6.45) is 0. The normalized spacial score (nSPS) is 15.8. The van der Waals surface area contributed by atoms with Crippen molar-refractivity contribution in [3.8, 4) is 0 Å². The zero-order valence-electron chi connectivity index (χ0n) is 10.3. The second-order valence-electron chi connectivity index (χ2n) is 5.26. The van der Waals surface area contributed by atoms with E-state index in [1.54, 1.807) is 4.90 Å². The molecule has 1 heterocycles. The van der Waals surface area contributed by atoms with Crippen molar-refractivity contribution >= 4 is 17.3 Å². The van der Waals surface area contributed by atoms with Gasteiger partial charge in [0.1, 0.15) is 0 Å². The molecular formula is C13H18N2O. The average Bonchev–Trinajstić information content (AvgIpc) is 2.21. The van der Waals surface area contributed by atoms with Gasteiger partial charge in [-0.3, -0.25) is 4.79 Å². The molecule has 0 aliphatic carbocycles. The summed E-state index contributed by atoms with van der Waals surface area (Å²) in [5.74, 6) is 0.115. The summed E-state index contributed by atoms with van der Waals surface area (Å²) in [7, 11) is 1.84. The van der Waals surface area contributed by atoms with Crippen LogP contribution in [0, 0.1) is 0 Å². The Morgan fingerprint density at radius 1 is 1.31 bits per heavy atom. The Balaban J connectivity index is 2.62. The molecule has 0 saturated heterocycles. The van der Waals surface area contributed by atoms with Gasteiger partial charge in [-0.2, -0.15) is 0 Å². The molecule has 2 rings (SSSR count). The van der Waals surface area contributed by atoms with Crippen molar-refractivity contribution in [2.45, 2.75) is 26.2 Å². The standard InChI is InChI=1S/C13H18N2O/c1-13(2,3)9-6-5-7-10-12(9)15(4)11(16)8-14-10/h5-7,14H,8H2,1-4H3. The predicted molar refractivity (Wildman–Crippen MR) is 67.0 cm³/mol. The van der Waals surface area contributed by atoms with E-state index in [2.05, 4.69) is 32.2 Å². The molecule has 0 unspecified atom stereocenters. The van der Waals surface area contributed by atoms with Crippen molar-refractivity contribution in [2.75, 3.05) is 23.8 Å². The van der Waals surface area contributed by atoms with Crippen LogP contribution in [-0.4, -0.2) is 19.5 Å². The molecule has 1 aliphatic rings. The van der Waals surface area contributed by atoms with Gasteiger partial charge in [0.05, 0.1) is 17.9 Å². The van der Waals surface area contributed by atoms with Gasteiger partial charge < -0.3 is 10.2 Å². The van der Waals surface area contributed by atoms with Crippen molar-refractivity contribution in [3.05, 3.63) is 23.8 Å². The molecule has 3 heteroatoms. The summed E-state index contributed by atoms with van der Waals surface area (Å²) in [5, 5.41) is 3.16. The summed E-state index contributed by atoms with van der Waals surface area (Å²) in [5.41, 5.74) is 3.31. The van der Waals surface area contributed by atoms with Crippen LogP contribution in [0.1, 0.15) is 26.3 Å². The van der Waals surface area contributed by atoms with Crippen molar-refractivity contribution in [1.82, 2.24) is 0 Å². The first-order chi connectivity index (χ1) is 7.41. The van der Waals surface area contributed by atoms with Gasteiger partial charge in [-0.15, -0.1) is 0 Å². The first-order valence-corrected chi connectivity index (χ1v) is 5.55. The fourth-order valence-electron chi connectivity index (χ4n) is 2.07. The molecule has 0 radical (unpaired) electrons. The zero-order chi connectivity index (χ0) is 11.9. The molecule has 0 saturated carbocycles. The van der Waals surface area contributed by atoms with Gasteiger partial charge in [0, 0.05) is 7.05 Å². The molecule has 16 heavy (non-hydrogen) atoms. The number of carbonyl (C=O) groups excluding carboxylic acids is 1. The second kappa shape index (κ2) is 3.51.